The largest absolute Gasteiger partial charge is 0.468 e. The van der Waals surface area contributed by atoms with Crippen LogP contribution in [-0.2, 0) is 9.53 Å². The molecule has 0 unspecified atom stereocenters. The number of anilines is 1. The van der Waals surface area contributed by atoms with E-state index in [-0.39, 0.29) is 6.54 Å². The van der Waals surface area contributed by atoms with Gasteiger partial charge in [-0.05, 0) is 18.2 Å². The summed E-state index contributed by atoms with van der Waals surface area (Å²) in [5.74, 6) is -0.513. The number of esters is 1. The number of ether oxygens (including phenoxy) is 1. The third kappa shape index (κ3) is 4.18. The van der Waals surface area contributed by atoms with Gasteiger partial charge in [-0.3, -0.25) is 4.79 Å². The zero-order chi connectivity index (χ0) is 12.0. The highest BCUT2D eigenvalue weighted by Gasteiger charge is 2.04. The molecule has 0 spiro atoms. The molecule has 6 heteroatoms. The summed E-state index contributed by atoms with van der Waals surface area (Å²) in [6, 6.07) is 6.19. The molecule has 0 saturated heterocycles. The fourth-order valence-corrected chi connectivity index (χ4v) is 1.16. The van der Waals surface area contributed by atoms with Crippen LogP contribution in [0.4, 0.5) is 10.5 Å². The molecule has 0 atom stereocenters. The van der Waals surface area contributed by atoms with Gasteiger partial charge in [0.15, 0.2) is 0 Å². The van der Waals surface area contributed by atoms with Crippen molar-refractivity contribution in [2.24, 2.45) is 0 Å². The van der Waals surface area contributed by atoms with E-state index in [4.69, 9.17) is 11.6 Å². The van der Waals surface area contributed by atoms with Crippen molar-refractivity contribution >= 4 is 29.3 Å². The van der Waals surface area contributed by atoms with Gasteiger partial charge in [0.05, 0.1) is 7.11 Å². The normalized spacial score (nSPS) is 9.38. The van der Waals surface area contributed by atoms with Crippen molar-refractivity contribution in [3.05, 3.63) is 29.3 Å². The maximum atomic E-state index is 11.3. The molecule has 0 heterocycles. The number of carbonyl (C=O) groups is 2. The van der Waals surface area contributed by atoms with Gasteiger partial charge in [0.2, 0.25) is 0 Å². The van der Waals surface area contributed by atoms with E-state index < -0.39 is 12.0 Å². The van der Waals surface area contributed by atoms with E-state index in [1.807, 2.05) is 0 Å². The molecule has 0 aliphatic rings. The number of benzene rings is 1. The van der Waals surface area contributed by atoms with Gasteiger partial charge in [-0.1, -0.05) is 17.7 Å². The average molecular weight is 243 g/mol. The van der Waals surface area contributed by atoms with Crippen LogP contribution < -0.4 is 10.6 Å². The van der Waals surface area contributed by atoms with Gasteiger partial charge in [0.25, 0.3) is 0 Å². The third-order valence-corrected chi connectivity index (χ3v) is 1.94. The van der Waals surface area contributed by atoms with Gasteiger partial charge in [-0.15, -0.1) is 0 Å². The summed E-state index contributed by atoms with van der Waals surface area (Å²) in [5.41, 5.74) is 0.551. The number of halogens is 1. The first-order valence-corrected chi connectivity index (χ1v) is 4.87. The lowest BCUT2D eigenvalue weighted by atomic mass is 10.3. The van der Waals surface area contributed by atoms with Crippen molar-refractivity contribution in [3.8, 4) is 0 Å². The van der Waals surface area contributed by atoms with E-state index in [2.05, 4.69) is 15.4 Å². The molecule has 0 radical (unpaired) electrons. The van der Waals surface area contributed by atoms with Crippen LogP contribution in [0.1, 0.15) is 0 Å². The number of hydrogen-bond acceptors (Lipinski definition) is 3. The second-order valence-corrected chi connectivity index (χ2v) is 3.33. The van der Waals surface area contributed by atoms with Crippen molar-refractivity contribution < 1.29 is 14.3 Å². The Labute approximate surface area is 97.7 Å². The first kappa shape index (κ1) is 12.3. The second kappa shape index (κ2) is 5.97. The van der Waals surface area contributed by atoms with Gasteiger partial charge < -0.3 is 15.4 Å². The molecular formula is C10H11ClN2O3. The van der Waals surface area contributed by atoms with Crippen LogP contribution in [0, 0.1) is 0 Å². The first-order chi connectivity index (χ1) is 7.61. The summed E-state index contributed by atoms with van der Waals surface area (Å²) in [4.78, 5) is 22.0. The fraction of sp³-hybridized carbons (Fsp3) is 0.200. The van der Waals surface area contributed by atoms with Crippen molar-refractivity contribution in [1.82, 2.24) is 5.32 Å². The summed E-state index contributed by atoms with van der Waals surface area (Å²) >= 11 is 5.73. The number of rotatable bonds is 3. The molecule has 0 fully saturated rings. The monoisotopic (exact) mass is 242 g/mol. The van der Waals surface area contributed by atoms with Crippen LogP contribution in [-0.4, -0.2) is 25.7 Å². The highest BCUT2D eigenvalue weighted by molar-refractivity contribution is 6.30. The van der Waals surface area contributed by atoms with Gasteiger partial charge in [0.1, 0.15) is 6.54 Å². The molecule has 1 aromatic carbocycles. The maximum absolute atomic E-state index is 11.3. The zero-order valence-electron chi connectivity index (χ0n) is 8.62. The molecule has 0 bridgehead atoms. The van der Waals surface area contributed by atoms with Gasteiger partial charge in [-0.25, -0.2) is 4.79 Å². The Morgan fingerprint density at radius 3 is 2.81 bits per heavy atom. The topological polar surface area (TPSA) is 67.4 Å². The molecule has 2 amide bonds. The highest BCUT2D eigenvalue weighted by atomic mass is 35.5. The van der Waals surface area contributed by atoms with E-state index in [0.717, 1.165) is 0 Å². The summed E-state index contributed by atoms with van der Waals surface area (Å²) in [5, 5.41) is 5.37. The number of hydrogen-bond donors (Lipinski definition) is 2. The molecule has 0 saturated carbocycles. The van der Waals surface area contributed by atoms with Crippen molar-refractivity contribution in [2.75, 3.05) is 19.0 Å². The lowest BCUT2D eigenvalue weighted by molar-refractivity contribution is -0.139. The average Bonchev–Trinajstić information content (AvgIpc) is 2.26. The standard InChI is InChI=1S/C10H11ClN2O3/c1-16-9(14)6-12-10(15)13-8-4-2-3-7(11)5-8/h2-5H,6H2,1H3,(H2,12,13,15). The highest BCUT2D eigenvalue weighted by Crippen LogP contribution is 2.14. The van der Waals surface area contributed by atoms with Gasteiger partial charge >= 0.3 is 12.0 Å². The third-order valence-electron chi connectivity index (χ3n) is 1.70. The van der Waals surface area contributed by atoms with Crippen LogP contribution >= 0.6 is 11.6 Å². The van der Waals surface area contributed by atoms with Crippen LogP contribution in [0.2, 0.25) is 5.02 Å². The Morgan fingerprint density at radius 2 is 2.19 bits per heavy atom. The van der Waals surface area contributed by atoms with Crippen molar-refractivity contribution in [3.63, 3.8) is 0 Å². The molecule has 0 aromatic heterocycles. The fourth-order valence-electron chi connectivity index (χ4n) is 0.966. The number of nitrogens with one attached hydrogen (secondary N) is 2. The summed E-state index contributed by atoms with van der Waals surface area (Å²) in [6.45, 7) is -0.178. The van der Waals surface area contributed by atoms with Crippen LogP contribution in [0.25, 0.3) is 0 Å². The molecule has 0 aliphatic heterocycles. The van der Waals surface area contributed by atoms with Gasteiger partial charge in [0, 0.05) is 10.7 Å². The van der Waals surface area contributed by atoms with E-state index >= 15 is 0 Å². The lowest BCUT2D eigenvalue weighted by Crippen LogP contribution is -2.33. The minimum absolute atomic E-state index is 0.178. The van der Waals surface area contributed by atoms with E-state index in [1.165, 1.54) is 7.11 Å². The van der Waals surface area contributed by atoms with Crippen molar-refractivity contribution in [1.29, 1.82) is 0 Å². The predicted octanol–water partition coefficient (Wildman–Crippen LogP) is 1.63. The molecular weight excluding hydrogens is 232 g/mol. The quantitative estimate of drug-likeness (QED) is 0.792. The summed E-state index contributed by atoms with van der Waals surface area (Å²) < 4.78 is 4.37. The molecule has 2 N–H and O–H groups in total. The summed E-state index contributed by atoms with van der Waals surface area (Å²) in [6.07, 6.45) is 0. The Balaban J connectivity index is 2.43. The molecule has 5 nitrogen and oxygen atoms in total. The van der Waals surface area contributed by atoms with Crippen LogP contribution in [0.3, 0.4) is 0 Å². The number of urea groups is 1. The predicted molar refractivity (Wildman–Crippen MR) is 60.5 cm³/mol. The molecule has 86 valence electrons. The van der Waals surface area contributed by atoms with Crippen molar-refractivity contribution in [2.45, 2.75) is 0 Å². The van der Waals surface area contributed by atoms with Crippen LogP contribution in [0.15, 0.2) is 24.3 Å². The minimum atomic E-state index is -0.513. The SMILES string of the molecule is COC(=O)CNC(=O)Nc1cccc(Cl)c1. The second-order valence-electron chi connectivity index (χ2n) is 2.89. The van der Waals surface area contributed by atoms with E-state index in [0.29, 0.717) is 10.7 Å². The summed E-state index contributed by atoms with van der Waals surface area (Å²) in [7, 11) is 1.25. The Kier molecular flexibility index (Phi) is 4.60. The Morgan fingerprint density at radius 1 is 1.44 bits per heavy atom. The number of carbonyl (C=O) groups excluding carboxylic acids is 2. The smallest absolute Gasteiger partial charge is 0.325 e. The minimum Gasteiger partial charge on any atom is -0.468 e. The molecule has 0 aliphatic carbocycles. The van der Waals surface area contributed by atoms with Crippen LogP contribution in [0.5, 0.6) is 0 Å². The van der Waals surface area contributed by atoms with E-state index in [9.17, 15) is 9.59 Å². The lowest BCUT2D eigenvalue weighted by Gasteiger charge is -2.06. The molecule has 1 aromatic rings. The van der Waals surface area contributed by atoms with E-state index in [1.54, 1.807) is 24.3 Å². The number of methoxy groups -OCH3 is 1. The maximum Gasteiger partial charge on any atom is 0.325 e. The number of amides is 2. The first-order valence-electron chi connectivity index (χ1n) is 4.49. The Bertz CT molecular complexity index is 395. The van der Waals surface area contributed by atoms with Gasteiger partial charge in [-0.2, -0.15) is 0 Å². The Hall–Kier alpha value is -1.75. The molecule has 1 rings (SSSR count). The molecule has 16 heavy (non-hydrogen) atoms. The zero-order valence-corrected chi connectivity index (χ0v) is 9.38.